The van der Waals surface area contributed by atoms with Gasteiger partial charge in [-0.1, -0.05) is 19.0 Å². The van der Waals surface area contributed by atoms with Crippen molar-refractivity contribution in [3.05, 3.63) is 18.0 Å². The summed E-state index contributed by atoms with van der Waals surface area (Å²) in [6.07, 6.45) is 1.53. The zero-order valence-electron chi connectivity index (χ0n) is 12.1. The van der Waals surface area contributed by atoms with E-state index in [0.29, 0.717) is 17.1 Å². The molecule has 0 aliphatic rings. The van der Waals surface area contributed by atoms with Crippen molar-refractivity contribution in [2.24, 2.45) is 5.41 Å². The monoisotopic (exact) mass is 291 g/mol. The normalized spacial score (nSPS) is 11.6. The smallest absolute Gasteiger partial charge is 0.303 e. The number of fused-ring (bicyclic) bond motifs is 1. The lowest BCUT2D eigenvalue weighted by atomic mass is 9.85. The highest BCUT2D eigenvalue weighted by Gasteiger charge is 2.25. The van der Waals surface area contributed by atoms with Gasteiger partial charge in [0.15, 0.2) is 0 Å². The molecule has 7 nitrogen and oxygen atoms in total. The number of carboxylic acids is 1. The molecule has 0 spiro atoms. The van der Waals surface area contributed by atoms with E-state index in [1.807, 2.05) is 0 Å². The number of nitrogens with one attached hydrogen (secondary N) is 1. The summed E-state index contributed by atoms with van der Waals surface area (Å²) in [5.41, 5.74) is 1.03. The number of carbonyl (C=O) groups excluding carboxylic acids is 1. The van der Waals surface area contributed by atoms with Gasteiger partial charge >= 0.3 is 5.97 Å². The standard InChI is InChI=1S/C14H17N3O4/c1-8-10-4-9(7-15-13(10)21-17-8)16-11(18)5-14(2,3)6-12(19)20/h4,7H,5-6H2,1-3H3,(H,16,18)(H,19,20). The Balaban J connectivity index is 2.07. The zero-order valence-corrected chi connectivity index (χ0v) is 12.1. The van der Waals surface area contributed by atoms with Gasteiger partial charge in [-0.15, -0.1) is 0 Å². The highest BCUT2D eigenvalue weighted by Crippen LogP contribution is 2.26. The van der Waals surface area contributed by atoms with Crippen LogP contribution in [0, 0.1) is 12.3 Å². The Labute approximate surface area is 121 Å². The van der Waals surface area contributed by atoms with E-state index in [0.717, 1.165) is 5.39 Å². The lowest BCUT2D eigenvalue weighted by Crippen LogP contribution is -2.24. The highest BCUT2D eigenvalue weighted by molar-refractivity contribution is 5.93. The summed E-state index contributed by atoms with van der Waals surface area (Å²) >= 11 is 0. The number of amides is 1. The molecule has 2 aromatic heterocycles. The molecule has 1 amide bonds. The van der Waals surface area contributed by atoms with E-state index in [4.69, 9.17) is 9.63 Å². The molecule has 0 aliphatic carbocycles. The van der Waals surface area contributed by atoms with Crippen LogP contribution >= 0.6 is 0 Å². The second-order valence-electron chi connectivity index (χ2n) is 5.80. The first-order valence-electron chi connectivity index (χ1n) is 6.50. The van der Waals surface area contributed by atoms with E-state index in [1.165, 1.54) is 6.20 Å². The fourth-order valence-corrected chi connectivity index (χ4v) is 2.13. The van der Waals surface area contributed by atoms with Crippen LogP contribution in [0.2, 0.25) is 0 Å². The molecule has 2 rings (SSSR count). The zero-order chi connectivity index (χ0) is 15.6. The highest BCUT2D eigenvalue weighted by atomic mass is 16.5. The number of hydrogen-bond donors (Lipinski definition) is 2. The molecule has 0 aliphatic heterocycles. The fraction of sp³-hybridized carbons (Fsp3) is 0.429. The van der Waals surface area contributed by atoms with Gasteiger partial charge in [0.1, 0.15) is 0 Å². The number of pyridine rings is 1. The van der Waals surface area contributed by atoms with Gasteiger partial charge in [0.25, 0.3) is 5.71 Å². The molecule has 0 radical (unpaired) electrons. The number of rotatable bonds is 5. The predicted molar refractivity (Wildman–Crippen MR) is 75.8 cm³/mol. The minimum atomic E-state index is -0.920. The lowest BCUT2D eigenvalue weighted by molar-refractivity contribution is -0.139. The van der Waals surface area contributed by atoms with Gasteiger partial charge in [0.05, 0.1) is 29.4 Å². The predicted octanol–water partition coefficient (Wildman–Crippen LogP) is 2.36. The summed E-state index contributed by atoms with van der Waals surface area (Å²) < 4.78 is 4.99. The Morgan fingerprint density at radius 1 is 1.38 bits per heavy atom. The summed E-state index contributed by atoms with van der Waals surface area (Å²) in [5, 5.41) is 16.1. The third-order valence-electron chi connectivity index (χ3n) is 3.06. The topological polar surface area (TPSA) is 105 Å². The van der Waals surface area contributed by atoms with E-state index >= 15 is 0 Å². The van der Waals surface area contributed by atoms with Crippen LogP contribution in [0.25, 0.3) is 11.1 Å². The van der Waals surface area contributed by atoms with Crippen molar-refractivity contribution < 1.29 is 19.2 Å². The molecular formula is C14H17N3O4. The molecule has 0 bridgehead atoms. The van der Waals surface area contributed by atoms with Crippen LogP contribution in [0.15, 0.2) is 16.8 Å². The number of aliphatic carboxylic acids is 1. The Hall–Kier alpha value is -2.44. The van der Waals surface area contributed by atoms with Crippen LogP contribution < -0.4 is 5.32 Å². The number of carbonyl (C=O) groups is 2. The molecule has 2 aromatic rings. The number of anilines is 1. The first kappa shape index (κ1) is 15.0. The van der Waals surface area contributed by atoms with Gasteiger partial charge in [-0.3, -0.25) is 9.59 Å². The third kappa shape index (κ3) is 3.77. The van der Waals surface area contributed by atoms with E-state index in [-0.39, 0.29) is 18.7 Å². The summed E-state index contributed by atoms with van der Waals surface area (Å²) in [4.78, 5) is 26.8. The number of nitrogens with zero attached hydrogens (tertiary/aromatic N) is 2. The van der Waals surface area contributed by atoms with E-state index < -0.39 is 11.4 Å². The second kappa shape index (κ2) is 5.51. The molecule has 0 saturated carbocycles. The van der Waals surface area contributed by atoms with Crippen LogP contribution in [-0.4, -0.2) is 27.1 Å². The Bertz CT molecular complexity index is 691. The first-order chi connectivity index (χ1) is 9.77. The van der Waals surface area contributed by atoms with Crippen molar-refractivity contribution in [3.63, 3.8) is 0 Å². The Morgan fingerprint density at radius 2 is 2.10 bits per heavy atom. The molecule has 0 saturated heterocycles. The number of aromatic nitrogens is 2. The summed E-state index contributed by atoms with van der Waals surface area (Å²) in [5.74, 6) is -1.17. The van der Waals surface area contributed by atoms with Gasteiger partial charge in [0.2, 0.25) is 5.91 Å². The third-order valence-corrected chi connectivity index (χ3v) is 3.06. The van der Waals surface area contributed by atoms with Crippen LogP contribution in [0.3, 0.4) is 0 Å². The van der Waals surface area contributed by atoms with E-state index in [1.54, 1.807) is 26.8 Å². The largest absolute Gasteiger partial charge is 0.481 e. The minimum Gasteiger partial charge on any atom is -0.481 e. The van der Waals surface area contributed by atoms with Gasteiger partial charge in [-0.2, -0.15) is 0 Å². The molecule has 0 aromatic carbocycles. The maximum Gasteiger partial charge on any atom is 0.303 e. The number of aryl methyl sites for hydroxylation is 1. The maximum atomic E-state index is 12.0. The van der Waals surface area contributed by atoms with Crippen molar-refractivity contribution in [1.82, 2.24) is 10.1 Å². The lowest BCUT2D eigenvalue weighted by Gasteiger charge is -2.21. The van der Waals surface area contributed by atoms with Crippen LogP contribution in [0.1, 0.15) is 32.4 Å². The SMILES string of the molecule is Cc1noc2ncc(NC(=O)CC(C)(C)CC(=O)O)cc12. The van der Waals surface area contributed by atoms with Crippen LogP contribution in [0.5, 0.6) is 0 Å². The quantitative estimate of drug-likeness (QED) is 0.876. The summed E-state index contributed by atoms with van der Waals surface area (Å²) in [6.45, 7) is 5.27. The molecule has 0 fully saturated rings. The minimum absolute atomic E-state index is 0.0670. The fourth-order valence-electron chi connectivity index (χ4n) is 2.13. The van der Waals surface area contributed by atoms with Gasteiger partial charge < -0.3 is 14.9 Å². The van der Waals surface area contributed by atoms with Crippen molar-refractivity contribution in [2.75, 3.05) is 5.32 Å². The Kier molecular flexibility index (Phi) is 3.93. The molecular weight excluding hydrogens is 274 g/mol. The van der Waals surface area contributed by atoms with E-state index in [2.05, 4.69) is 15.5 Å². The molecule has 0 atom stereocenters. The molecule has 0 unspecified atom stereocenters. The average molecular weight is 291 g/mol. The van der Waals surface area contributed by atoms with Gasteiger partial charge in [0, 0.05) is 6.42 Å². The van der Waals surface area contributed by atoms with Gasteiger partial charge in [-0.05, 0) is 18.4 Å². The molecule has 112 valence electrons. The first-order valence-corrected chi connectivity index (χ1v) is 6.50. The van der Waals surface area contributed by atoms with E-state index in [9.17, 15) is 9.59 Å². The number of hydrogen-bond acceptors (Lipinski definition) is 5. The maximum absolute atomic E-state index is 12.0. The molecule has 7 heteroatoms. The van der Waals surface area contributed by atoms with Crippen molar-refractivity contribution in [1.29, 1.82) is 0 Å². The van der Waals surface area contributed by atoms with Crippen molar-refractivity contribution in [3.8, 4) is 0 Å². The number of carboxylic acid groups (broad SMARTS) is 1. The van der Waals surface area contributed by atoms with Crippen LogP contribution in [0.4, 0.5) is 5.69 Å². The Morgan fingerprint density at radius 3 is 2.76 bits per heavy atom. The molecule has 21 heavy (non-hydrogen) atoms. The molecule has 2 N–H and O–H groups in total. The van der Waals surface area contributed by atoms with Crippen molar-refractivity contribution in [2.45, 2.75) is 33.6 Å². The van der Waals surface area contributed by atoms with Gasteiger partial charge in [-0.25, -0.2) is 4.98 Å². The summed E-state index contributed by atoms with van der Waals surface area (Å²) in [6, 6.07) is 1.73. The van der Waals surface area contributed by atoms with Crippen LogP contribution in [-0.2, 0) is 9.59 Å². The molecule has 2 heterocycles. The average Bonchev–Trinajstić information content (AvgIpc) is 2.68. The summed E-state index contributed by atoms with van der Waals surface area (Å²) in [7, 11) is 0. The van der Waals surface area contributed by atoms with Crippen molar-refractivity contribution >= 4 is 28.7 Å². The second-order valence-corrected chi connectivity index (χ2v) is 5.80.